The summed E-state index contributed by atoms with van der Waals surface area (Å²) in [6.45, 7) is 0.360. The van der Waals surface area contributed by atoms with Gasteiger partial charge in [0.25, 0.3) is 0 Å². The van der Waals surface area contributed by atoms with E-state index in [-0.39, 0.29) is 10.8 Å². The number of sulfonamides is 1. The molecule has 0 amide bonds. The van der Waals surface area contributed by atoms with E-state index < -0.39 is 10.0 Å². The molecule has 0 aliphatic carbocycles. The maximum Gasteiger partial charge on any atom is 0.250 e. The standard InChI is InChI=1S/C12H14ClNO3S3/c13-11-3-1-9(18-11)5-7-14-20(16,17)12-4-2-10(19-12)6-8-15/h1-4,14-15H,5-8H2. The van der Waals surface area contributed by atoms with Gasteiger partial charge in [0.1, 0.15) is 4.21 Å². The molecule has 2 aromatic rings. The van der Waals surface area contributed by atoms with E-state index in [1.165, 1.54) is 22.7 Å². The molecule has 0 atom stereocenters. The molecule has 0 bridgehead atoms. The summed E-state index contributed by atoms with van der Waals surface area (Å²) < 4.78 is 27.7. The summed E-state index contributed by atoms with van der Waals surface area (Å²) in [5.74, 6) is 0. The van der Waals surface area contributed by atoms with Crippen LogP contribution in [0.1, 0.15) is 9.75 Å². The molecule has 0 radical (unpaired) electrons. The number of nitrogens with one attached hydrogen (secondary N) is 1. The third kappa shape index (κ3) is 4.28. The van der Waals surface area contributed by atoms with Crippen molar-refractivity contribution in [3.05, 3.63) is 38.4 Å². The van der Waals surface area contributed by atoms with E-state index in [1.54, 1.807) is 18.2 Å². The van der Waals surface area contributed by atoms with Crippen molar-refractivity contribution in [3.63, 3.8) is 0 Å². The van der Waals surface area contributed by atoms with Crippen molar-refractivity contribution in [2.45, 2.75) is 17.1 Å². The van der Waals surface area contributed by atoms with Crippen LogP contribution in [0.3, 0.4) is 0 Å². The Kier molecular flexibility index (Phi) is 5.59. The van der Waals surface area contributed by atoms with Gasteiger partial charge < -0.3 is 5.11 Å². The first-order chi connectivity index (χ1) is 9.51. The van der Waals surface area contributed by atoms with Gasteiger partial charge in [0.15, 0.2) is 0 Å². The highest BCUT2D eigenvalue weighted by Gasteiger charge is 2.16. The second-order valence-corrected chi connectivity index (χ2v) is 9.01. The van der Waals surface area contributed by atoms with Gasteiger partial charge in [0, 0.05) is 29.3 Å². The molecule has 0 spiro atoms. The lowest BCUT2D eigenvalue weighted by Gasteiger charge is -2.03. The van der Waals surface area contributed by atoms with Crippen molar-refractivity contribution in [2.24, 2.45) is 0 Å². The Labute approximate surface area is 131 Å². The van der Waals surface area contributed by atoms with E-state index in [1.807, 2.05) is 6.07 Å². The monoisotopic (exact) mass is 351 g/mol. The van der Waals surface area contributed by atoms with Crippen LogP contribution in [-0.4, -0.2) is 26.7 Å². The second kappa shape index (κ2) is 7.02. The largest absolute Gasteiger partial charge is 0.396 e. The predicted molar refractivity (Wildman–Crippen MR) is 83.3 cm³/mol. The van der Waals surface area contributed by atoms with Gasteiger partial charge in [-0.05, 0) is 30.7 Å². The lowest BCUT2D eigenvalue weighted by atomic mass is 10.3. The Morgan fingerprint density at radius 3 is 2.45 bits per heavy atom. The molecule has 20 heavy (non-hydrogen) atoms. The molecule has 0 saturated carbocycles. The van der Waals surface area contributed by atoms with Crippen LogP contribution in [0.2, 0.25) is 4.34 Å². The number of aliphatic hydroxyl groups excluding tert-OH is 1. The van der Waals surface area contributed by atoms with Crippen molar-refractivity contribution >= 4 is 44.3 Å². The summed E-state index contributed by atoms with van der Waals surface area (Å²) in [4.78, 5) is 1.91. The van der Waals surface area contributed by atoms with Crippen LogP contribution < -0.4 is 4.72 Å². The van der Waals surface area contributed by atoms with E-state index in [9.17, 15) is 8.42 Å². The fourth-order valence-corrected chi connectivity index (χ4v) is 5.12. The number of hydrogen-bond donors (Lipinski definition) is 2. The minimum absolute atomic E-state index is 0.0204. The maximum atomic E-state index is 12.1. The molecule has 0 aliphatic rings. The number of halogens is 1. The van der Waals surface area contributed by atoms with Crippen LogP contribution in [0.15, 0.2) is 28.5 Å². The van der Waals surface area contributed by atoms with E-state index >= 15 is 0 Å². The Hall–Kier alpha value is -0.440. The molecule has 4 nitrogen and oxygen atoms in total. The molecule has 2 N–H and O–H groups in total. The summed E-state index contributed by atoms with van der Waals surface area (Å²) in [6, 6.07) is 7.00. The van der Waals surface area contributed by atoms with Crippen LogP contribution in [-0.2, 0) is 22.9 Å². The SMILES string of the molecule is O=S(=O)(NCCc1ccc(Cl)s1)c1ccc(CCO)s1. The molecular weight excluding hydrogens is 338 g/mol. The number of thiophene rings is 2. The first kappa shape index (κ1) is 15.9. The number of hydrogen-bond acceptors (Lipinski definition) is 5. The van der Waals surface area contributed by atoms with Gasteiger partial charge in [-0.25, -0.2) is 13.1 Å². The van der Waals surface area contributed by atoms with Gasteiger partial charge in [-0.1, -0.05) is 11.6 Å². The molecule has 110 valence electrons. The van der Waals surface area contributed by atoms with Gasteiger partial charge >= 0.3 is 0 Å². The fourth-order valence-electron chi connectivity index (χ4n) is 1.61. The third-order valence-electron chi connectivity index (χ3n) is 2.55. The highest BCUT2D eigenvalue weighted by molar-refractivity contribution is 7.91. The average Bonchev–Trinajstić information content (AvgIpc) is 2.99. The first-order valence-corrected chi connectivity index (χ1v) is 9.44. The van der Waals surface area contributed by atoms with Crippen molar-refractivity contribution in [1.82, 2.24) is 4.72 Å². The Morgan fingerprint density at radius 1 is 1.10 bits per heavy atom. The number of rotatable bonds is 7. The van der Waals surface area contributed by atoms with Crippen molar-refractivity contribution in [1.29, 1.82) is 0 Å². The highest BCUT2D eigenvalue weighted by Crippen LogP contribution is 2.23. The molecule has 0 saturated heterocycles. The summed E-state index contributed by atoms with van der Waals surface area (Å²) in [5, 5.41) is 8.83. The summed E-state index contributed by atoms with van der Waals surface area (Å²) in [6.07, 6.45) is 1.10. The van der Waals surface area contributed by atoms with E-state index in [0.29, 0.717) is 23.7 Å². The first-order valence-electron chi connectivity index (χ1n) is 5.95. The predicted octanol–water partition coefficient (Wildman–Crippen LogP) is 2.52. The molecule has 0 aromatic carbocycles. The van der Waals surface area contributed by atoms with E-state index in [4.69, 9.17) is 16.7 Å². The van der Waals surface area contributed by atoms with E-state index in [2.05, 4.69) is 4.72 Å². The summed E-state index contributed by atoms with van der Waals surface area (Å²) >= 11 is 8.45. The van der Waals surface area contributed by atoms with Crippen LogP contribution in [0.25, 0.3) is 0 Å². The minimum atomic E-state index is -3.46. The highest BCUT2D eigenvalue weighted by atomic mass is 35.5. The Bertz CT molecular complexity index is 663. The summed E-state index contributed by atoms with van der Waals surface area (Å²) in [5.41, 5.74) is 0. The van der Waals surface area contributed by atoms with Crippen LogP contribution in [0, 0.1) is 0 Å². The Morgan fingerprint density at radius 2 is 1.80 bits per heavy atom. The van der Waals surface area contributed by atoms with Gasteiger partial charge in [0.2, 0.25) is 10.0 Å². The van der Waals surface area contributed by atoms with Gasteiger partial charge in [-0.2, -0.15) is 0 Å². The minimum Gasteiger partial charge on any atom is -0.396 e. The Balaban J connectivity index is 1.92. The smallest absolute Gasteiger partial charge is 0.250 e. The average molecular weight is 352 g/mol. The molecule has 0 unspecified atom stereocenters. The second-order valence-electron chi connectivity index (χ2n) is 4.05. The zero-order chi connectivity index (χ0) is 14.6. The topological polar surface area (TPSA) is 66.4 Å². The van der Waals surface area contributed by atoms with Crippen molar-refractivity contribution in [3.8, 4) is 0 Å². The molecule has 2 heterocycles. The lowest BCUT2D eigenvalue weighted by Crippen LogP contribution is -2.25. The van der Waals surface area contributed by atoms with Gasteiger partial charge in [-0.3, -0.25) is 0 Å². The van der Waals surface area contributed by atoms with Crippen LogP contribution in [0.4, 0.5) is 0 Å². The molecule has 2 aromatic heterocycles. The van der Waals surface area contributed by atoms with E-state index in [0.717, 1.165) is 9.75 Å². The maximum absolute atomic E-state index is 12.1. The van der Waals surface area contributed by atoms with Crippen molar-refractivity contribution in [2.75, 3.05) is 13.2 Å². The van der Waals surface area contributed by atoms with Gasteiger partial charge in [0.05, 0.1) is 4.34 Å². The zero-order valence-corrected chi connectivity index (χ0v) is 13.7. The molecule has 0 aliphatic heterocycles. The molecular formula is C12H14ClNO3S3. The van der Waals surface area contributed by atoms with Crippen molar-refractivity contribution < 1.29 is 13.5 Å². The van der Waals surface area contributed by atoms with Crippen LogP contribution >= 0.6 is 34.3 Å². The molecule has 2 rings (SSSR count). The number of aliphatic hydroxyl groups is 1. The fraction of sp³-hybridized carbons (Fsp3) is 0.333. The molecule has 0 fully saturated rings. The third-order valence-corrected chi connectivity index (χ3v) is 6.94. The zero-order valence-electron chi connectivity index (χ0n) is 10.5. The normalized spacial score (nSPS) is 11.9. The lowest BCUT2D eigenvalue weighted by molar-refractivity contribution is 0.300. The van der Waals surface area contributed by atoms with Gasteiger partial charge in [-0.15, -0.1) is 22.7 Å². The summed E-state index contributed by atoms with van der Waals surface area (Å²) in [7, 11) is -3.46. The molecule has 8 heteroatoms. The van der Waals surface area contributed by atoms with Crippen LogP contribution in [0.5, 0.6) is 0 Å². The quantitative estimate of drug-likeness (QED) is 0.805.